The molecule has 0 radical (unpaired) electrons. The third-order valence-corrected chi connectivity index (χ3v) is 4.47. The zero-order chi connectivity index (χ0) is 19.9. The lowest BCUT2D eigenvalue weighted by Crippen LogP contribution is -2.33. The Morgan fingerprint density at radius 1 is 1.18 bits per heavy atom. The van der Waals surface area contributed by atoms with E-state index in [-0.39, 0.29) is 12.4 Å². The van der Waals surface area contributed by atoms with Crippen LogP contribution in [0.1, 0.15) is 17.3 Å². The van der Waals surface area contributed by atoms with E-state index in [4.69, 9.17) is 4.74 Å². The minimum absolute atomic E-state index is 0.214. The van der Waals surface area contributed by atoms with Crippen LogP contribution in [0, 0.1) is 5.82 Å². The van der Waals surface area contributed by atoms with Crippen molar-refractivity contribution in [3.05, 3.63) is 65.3 Å². The average molecular weight is 399 g/mol. The van der Waals surface area contributed by atoms with Crippen molar-refractivity contribution >= 4 is 28.3 Å². The molecule has 0 atom stereocenters. The maximum atomic E-state index is 13.3. The average Bonchev–Trinajstić information content (AvgIpc) is 3.15. The van der Waals surface area contributed by atoms with E-state index in [0.29, 0.717) is 34.3 Å². The first-order valence-corrected chi connectivity index (χ1v) is 9.46. The van der Waals surface area contributed by atoms with Crippen LogP contribution in [0.3, 0.4) is 0 Å². The molecule has 0 saturated heterocycles. The van der Waals surface area contributed by atoms with Crippen molar-refractivity contribution in [3.63, 3.8) is 0 Å². The van der Waals surface area contributed by atoms with Gasteiger partial charge >= 0.3 is 0 Å². The van der Waals surface area contributed by atoms with Gasteiger partial charge in [-0.1, -0.05) is 24.3 Å². The molecule has 6 nitrogen and oxygen atoms in total. The highest BCUT2D eigenvalue weighted by molar-refractivity contribution is 7.14. The van der Waals surface area contributed by atoms with E-state index in [1.807, 2.05) is 6.92 Å². The van der Waals surface area contributed by atoms with Crippen molar-refractivity contribution in [2.75, 3.05) is 18.5 Å². The highest BCUT2D eigenvalue weighted by Crippen LogP contribution is 2.25. The highest BCUT2D eigenvalue weighted by atomic mass is 32.1. The molecule has 0 spiro atoms. The number of hydrogen-bond acceptors (Lipinski definition) is 5. The van der Waals surface area contributed by atoms with Crippen molar-refractivity contribution in [1.29, 1.82) is 0 Å². The smallest absolute Gasteiger partial charge is 0.255 e. The van der Waals surface area contributed by atoms with Gasteiger partial charge in [-0.05, 0) is 31.2 Å². The van der Waals surface area contributed by atoms with Crippen molar-refractivity contribution in [3.8, 4) is 17.0 Å². The molecule has 0 saturated carbocycles. The number of halogens is 1. The summed E-state index contributed by atoms with van der Waals surface area (Å²) in [6.07, 6.45) is 0. The van der Waals surface area contributed by atoms with E-state index >= 15 is 0 Å². The Balaban J connectivity index is 1.57. The number of rotatable bonds is 7. The molecule has 0 aliphatic carbocycles. The lowest BCUT2D eigenvalue weighted by Gasteiger charge is -2.10. The van der Waals surface area contributed by atoms with E-state index in [9.17, 15) is 14.0 Å². The molecule has 2 N–H and O–H groups in total. The number of para-hydroxylation sites is 1. The number of carbonyl (C=O) groups is 2. The molecule has 8 heteroatoms. The molecular weight excluding hydrogens is 381 g/mol. The summed E-state index contributed by atoms with van der Waals surface area (Å²) in [5, 5.41) is 7.27. The van der Waals surface area contributed by atoms with Crippen molar-refractivity contribution in [2.45, 2.75) is 6.92 Å². The number of aromatic nitrogens is 1. The summed E-state index contributed by atoms with van der Waals surface area (Å²) >= 11 is 1.22. The number of nitrogens with one attached hydrogen (secondary N) is 2. The molecule has 0 bridgehead atoms. The highest BCUT2D eigenvalue weighted by Gasteiger charge is 2.14. The molecule has 2 aromatic carbocycles. The van der Waals surface area contributed by atoms with Crippen LogP contribution in [0.15, 0.2) is 53.9 Å². The fourth-order valence-corrected chi connectivity index (χ4v) is 3.20. The Morgan fingerprint density at radius 3 is 2.79 bits per heavy atom. The van der Waals surface area contributed by atoms with Gasteiger partial charge in [0, 0.05) is 10.9 Å². The number of ether oxygens (including phenoxy) is 1. The molecular formula is C20H18FN3O3S. The molecule has 3 rings (SSSR count). The lowest BCUT2D eigenvalue weighted by molar-refractivity contribution is -0.115. The maximum Gasteiger partial charge on any atom is 0.255 e. The molecule has 28 heavy (non-hydrogen) atoms. The number of thiazole rings is 1. The number of anilines is 1. The molecule has 1 heterocycles. The van der Waals surface area contributed by atoms with Crippen LogP contribution in [0.4, 0.5) is 9.52 Å². The molecule has 0 aliphatic heterocycles. The minimum Gasteiger partial charge on any atom is -0.493 e. The van der Waals surface area contributed by atoms with Gasteiger partial charge in [0.1, 0.15) is 11.6 Å². The SMILES string of the molecule is CCOc1ccccc1C(=O)NCC(=O)Nc1nc(-c2cccc(F)c2)cs1. The van der Waals surface area contributed by atoms with E-state index in [2.05, 4.69) is 15.6 Å². The van der Waals surface area contributed by atoms with Crippen LogP contribution >= 0.6 is 11.3 Å². The molecule has 144 valence electrons. The summed E-state index contributed by atoms with van der Waals surface area (Å²) < 4.78 is 18.7. The zero-order valence-electron chi connectivity index (χ0n) is 15.1. The second kappa shape index (κ2) is 9.09. The Bertz CT molecular complexity index is 990. The van der Waals surface area contributed by atoms with Crippen molar-refractivity contribution in [2.24, 2.45) is 0 Å². The van der Waals surface area contributed by atoms with E-state index in [0.717, 1.165) is 0 Å². The second-order valence-electron chi connectivity index (χ2n) is 5.71. The van der Waals surface area contributed by atoms with Gasteiger partial charge in [-0.15, -0.1) is 11.3 Å². The predicted octanol–water partition coefficient (Wildman–Crippen LogP) is 3.72. The van der Waals surface area contributed by atoms with Gasteiger partial charge in [-0.25, -0.2) is 9.37 Å². The van der Waals surface area contributed by atoms with Crippen molar-refractivity contribution in [1.82, 2.24) is 10.3 Å². The van der Waals surface area contributed by atoms with E-state index in [1.165, 1.54) is 23.5 Å². The Morgan fingerprint density at radius 2 is 2.00 bits per heavy atom. The summed E-state index contributed by atoms with van der Waals surface area (Å²) in [6, 6.07) is 12.9. The summed E-state index contributed by atoms with van der Waals surface area (Å²) in [7, 11) is 0. The predicted molar refractivity (Wildman–Crippen MR) is 106 cm³/mol. The first kappa shape index (κ1) is 19.5. The van der Waals surface area contributed by atoms with Gasteiger partial charge < -0.3 is 15.4 Å². The third-order valence-electron chi connectivity index (χ3n) is 3.71. The first-order valence-electron chi connectivity index (χ1n) is 8.58. The van der Waals surface area contributed by atoms with Crippen LogP contribution in [0.25, 0.3) is 11.3 Å². The molecule has 1 aromatic heterocycles. The van der Waals surface area contributed by atoms with Crippen LogP contribution in [0.2, 0.25) is 0 Å². The lowest BCUT2D eigenvalue weighted by atomic mass is 10.2. The fraction of sp³-hybridized carbons (Fsp3) is 0.150. The standard InChI is InChI=1S/C20H18FN3O3S/c1-2-27-17-9-4-3-8-15(17)19(26)22-11-18(25)24-20-23-16(12-28-20)13-6-5-7-14(21)10-13/h3-10,12H,2,11H2,1H3,(H,22,26)(H,23,24,25). The van der Waals surface area contributed by atoms with Crippen LogP contribution in [-0.2, 0) is 4.79 Å². The topological polar surface area (TPSA) is 80.3 Å². The van der Waals surface area contributed by atoms with Gasteiger partial charge in [0.25, 0.3) is 5.91 Å². The van der Waals surface area contributed by atoms with Crippen LogP contribution in [-0.4, -0.2) is 29.9 Å². The summed E-state index contributed by atoms with van der Waals surface area (Å²) in [5.41, 5.74) is 1.55. The van der Waals surface area contributed by atoms with Crippen molar-refractivity contribution < 1.29 is 18.7 Å². The minimum atomic E-state index is -0.414. The summed E-state index contributed by atoms with van der Waals surface area (Å²) in [4.78, 5) is 28.7. The van der Waals surface area contributed by atoms with Crippen LogP contribution < -0.4 is 15.4 Å². The number of carbonyl (C=O) groups excluding carboxylic acids is 2. The molecule has 3 aromatic rings. The first-order chi connectivity index (χ1) is 13.6. The van der Waals surface area contributed by atoms with Gasteiger partial charge in [-0.3, -0.25) is 9.59 Å². The fourth-order valence-electron chi connectivity index (χ4n) is 2.47. The van der Waals surface area contributed by atoms with E-state index in [1.54, 1.807) is 41.8 Å². The second-order valence-corrected chi connectivity index (χ2v) is 6.57. The Kier molecular flexibility index (Phi) is 6.33. The molecule has 2 amide bonds. The normalized spacial score (nSPS) is 10.4. The maximum absolute atomic E-state index is 13.3. The largest absolute Gasteiger partial charge is 0.493 e. The van der Waals surface area contributed by atoms with Gasteiger partial charge in [0.15, 0.2) is 5.13 Å². The van der Waals surface area contributed by atoms with Gasteiger partial charge in [-0.2, -0.15) is 0 Å². The number of benzene rings is 2. The van der Waals surface area contributed by atoms with Gasteiger partial charge in [0.2, 0.25) is 5.91 Å². The number of amides is 2. The van der Waals surface area contributed by atoms with Crippen LogP contribution in [0.5, 0.6) is 5.75 Å². The van der Waals surface area contributed by atoms with Gasteiger partial charge in [0.05, 0.1) is 24.4 Å². The molecule has 0 aliphatic rings. The summed E-state index contributed by atoms with van der Waals surface area (Å²) in [5.74, 6) is -0.713. The summed E-state index contributed by atoms with van der Waals surface area (Å²) in [6.45, 7) is 2.05. The van der Waals surface area contributed by atoms with E-state index < -0.39 is 11.8 Å². The monoisotopic (exact) mass is 399 g/mol. The number of nitrogens with zero attached hydrogens (tertiary/aromatic N) is 1. The quantitative estimate of drug-likeness (QED) is 0.635. The number of hydrogen-bond donors (Lipinski definition) is 2. The molecule has 0 unspecified atom stereocenters. The Labute approximate surface area is 165 Å². The third kappa shape index (κ3) is 4.92. The zero-order valence-corrected chi connectivity index (χ0v) is 15.9. The molecule has 0 fully saturated rings. The Hall–Kier alpha value is -3.26.